The lowest BCUT2D eigenvalue weighted by Gasteiger charge is -2.09. The molecule has 1 N–H and O–H groups in total. The molecule has 6 nitrogen and oxygen atoms in total. The van der Waals surface area contributed by atoms with Crippen LogP contribution in [0.3, 0.4) is 0 Å². The van der Waals surface area contributed by atoms with Gasteiger partial charge in [0.25, 0.3) is 5.69 Å². The number of fused-ring (bicyclic) bond motifs is 1. The number of carbonyl (C=O) groups excluding carboxylic acids is 1. The highest BCUT2D eigenvalue weighted by Gasteiger charge is 2.17. The number of anilines is 1. The van der Waals surface area contributed by atoms with Gasteiger partial charge in [0.1, 0.15) is 0 Å². The number of nitro benzene ring substituents is 1. The minimum absolute atomic E-state index is 0.0628. The van der Waals surface area contributed by atoms with Crippen LogP contribution in [0, 0.1) is 24.0 Å². The highest BCUT2D eigenvalue weighted by molar-refractivity contribution is 6.03. The van der Waals surface area contributed by atoms with Crippen molar-refractivity contribution in [2.75, 3.05) is 5.32 Å². The zero-order chi connectivity index (χ0) is 14.2. The van der Waals surface area contributed by atoms with Crippen LogP contribution < -0.4 is 5.32 Å². The van der Waals surface area contributed by atoms with Gasteiger partial charge in [0.05, 0.1) is 10.6 Å². The lowest BCUT2D eigenvalue weighted by molar-refractivity contribution is -0.383. The molecule has 0 bridgehead atoms. The first-order valence-electron chi connectivity index (χ1n) is 5.73. The van der Waals surface area contributed by atoms with Crippen LogP contribution in [0.5, 0.6) is 0 Å². The molecule has 0 atom stereocenters. The van der Waals surface area contributed by atoms with Gasteiger partial charge in [-0.15, -0.1) is 0 Å². The van der Waals surface area contributed by atoms with E-state index in [1.807, 2.05) is 6.92 Å². The number of hydrogen-bond acceptors (Lipinski definition) is 4. The molecule has 0 saturated heterocycles. The molecule has 1 aromatic heterocycles. The van der Waals surface area contributed by atoms with E-state index in [0.29, 0.717) is 16.6 Å². The first-order chi connectivity index (χ1) is 8.90. The van der Waals surface area contributed by atoms with Crippen molar-refractivity contribution in [2.24, 2.45) is 0 Å². The summed E-state index contributed by atoms with van der Waals surface area (Å²) in [5.41, 5.74) is 2.41. The van der Waals surface area contributed by atoms with E-state index in [2.05, 4.69) is 10.3 Å². The summed E-state index contributed by atoms with van der Waals surface area (Å²) in [6, 6.07) is 4.68. The first-order valence-corrected chi connectivity index (χ1v) is 5.73. The van der Waals surface area contributed by atoms with Crippen LogP contribution in [0.15, 0.2) is 18.2 Å². The summed E-state index contributed by atoms with van der Waals surface area (Å²) >= 11 is 0. The van der Waals surface area contributed by atoms with E-state index in [-0.39, 0.29) is 11.6 Å². The number of pyridine rings is 1. The minimum Gasteiger partial charge on any atom is -0.326 e. The molecule has 0 fully saturated rings. The molecule has 19 heavy (non-hydrogen) atoms. The predicted octanol–water partition coefficient (Wildman–Crippen LogP) is 2.72. The van der Waals surface area contributed by atoms with Gasteiger partial charge in [-0.3, -0.25) is 14.9 Å². The Morgan fingerprint density at radius 1 is 1.37 bits per heavy atom. The van der Waals surface area contributed by atoms with Crippen molar-refractivity contribution >= 4 is 28.2 Å². The molecule has 1 heterocycles. The molecule has 0 radical (unpaired) electrons. The maximum atomic E-state index is 11.2. The number of nitro groups is 1. The Bertz CT molecular complexity index is 695. The highest BCUT2D eigenvalue weighted by atomic mass is 16.6. The van der Waals surface area contributed by atoms with Gasteiger partial charge in [0.15, 0.2) is 5.52 Å². The zero-order valence-corrected chi connectivity index (χ0v) is 10.9. The smallest absolute Gasteiger partial charge is 0.295 e. The van der Waals surface area contributed by atoms with E-state index in [1.54, 1.807) is 13.0 Å². The van der Waals surface area contributed by atoms with Crippen LogP contribution >= 0.6 is 0 Å². The number of hydrogen-bond donors (Lipinski definition) is 1. The van der Waals surface area contributed by atoms with Crippen LogP contribution in [0.2, 0.25) is 0 Å². The summed E-state index contributed by atoms with van der Waals surface area (Å²) in [6.07, 6.45) is 0. The standard InChI is InChI=1S/C13H13N3O3/c1-7-6-10-11(15-9(3)17)4-5-12(16(18)19)13(10)14-8(7)2/h4-6H,1-3H3,(H,15,17). The molecule has 1 amide bonds. The summed E-state index contributed by atoms with van der Waals surface area (Å²) in [6.45, 7) is 5.06. The Balaban J connectivity index is 2.81. The van der Waals surface area contributed by atoms with Gasteiger partial charge in [0, 0.05) is 24.1 Å². The first kappa shape index (κ1) is 12.9. The molecular formula is C13H13N3O3. The van der Waals surface area contributed by atoms with E-state index in [4.69, 9.17) is 0 Å². The number of aromatic nitrogens is 1. The topological polar surface area (TPSA) is 85.1 Å². The normalized spacial score (nSPS) is 10.5. The zero-order valence-electron chi connectivity index (χ0n) is 10.9. The molecule has 0 aliphatic rings. The lowest BCUT2D eigenvalue weighted by Crippen LogP contribution is -2.07. The van der Waals surface area contributed by atoms with Gasteiger partial charge in [-0.25, -0.2) is 4.98 Å². The van der Waals surface area contributed by atoms with Gasteiger partial charge >= 0.3 is 0 Å². The van der Waals surface area contributed by atoms with Crippen molar-refractivity contribution in [3.63, 3.8) is 0 Å². The summed E-state index contributed by atoms with van der Waals surface area (Å²) in [5, 5.41) is 14.3. The quantitative estimate of drug-likeness (QED) is 0.663. The SMILES string of the molecule is CC(=O)Nc1ccc([N+](=O)[O-])c2nc(C)c(C)cc12. The maximum Gasteiger partial charge on any atom is 0.295 e. The van der Waals surface area contributed by atoms with Crippen molar-refractivity contribution in [3.8, 4) is 0 Å². The van der Waals surface area contributed by atoms with E-state index in [0.717, 1.165) is 11.3 Å². The molecule has 2 aromatic rings. The number of benzene rings is 1. The number of nitrogens with one attached hydrogen (secondary N) is 1. The van der Waals surface area contributed by atoms with Crippen molar-refractivity contribution in [2.45, 2.75) is 20.8 Å². The van der Waals surface area contributed by atoms with Crippen LogP contribution in [0.4, 0.5) is 11.4 Å². The van der Waals surface area contributed by atoms with Crippen LogP contribution in [0.1, 0.15) is 18.2 Å². The summed E-state index contributed by atoms with van der Waals surface area (Å²) in [5.74, 6) is -0.228. The van der Waals surface area contributed by atoms with Crippen LogP contribution in [0.25, 0.3) is 10.9 Å². The Kier molecular flexibility index (Phi) is 3.16. The summed E-state index contributed by atoms with van der Waals surface area (Å²) in [7, 11) is 0. The fraction of sp³-hybridized carbons (Fsp3) is 0.231. The average Bonchev–Trinajstić information content (AvgIpc) is 2.30. The number of aryl methyl sites for hydroxylation is 2. The number of carbonyl (C=O) groups is 1. The average molecular weight is 259 g/mol. The number of nitrogens with zero attached hydrogens (tertiary/aromatic N) is 2. The third-order valence-electron chi connectivity index (χ3n) is 2.91. The second kappa shape index (κ2) is 4.64. The van der Waals surface area contributed by atoms with Gasteiger partial charge < -0.3 is 5.32 Å². The Morgan fingerprint density at radius 2 is 2.05 bits per heavy atom. The van der Waals surface area contributed by atoms with Gasteiger partial charge in [-0.2, -0.15) is 0 Å². The van der Waals surface area contributed by atoms with Crippen LogP contribution in [-0.2, 0) is 4.79 Å². The minimum atomic E-state index is -0.471. The molecule has 0 saturated carbocycles. The van der Waals surface area contributed by atoms with Crippen molar-refractivity contribution in [3.05, 3.63) is 39.6 Å². The Morgan fingerprint density at radius 3 is 2.63 bits per heavy atom. The summed E-state index contributed by atoms with van der Waals surface area (Å²) in [4.78, 5) is 26.0. The monoisotopic (exact) mass is 259 g/mol. The second-order valence-corrected chi connectivity index (χ2v) is 4.36. The third kappa shape index (κ3) is 2.37. The molecule has 2 rings (SSSR count). The fourth-order valence-corrected chi connectivity index (χ4v) is 1.88. The highest BCUT2D eigenvalue weighted by Crippen LogP contribution is 2.31. The lowest BCUT2D eigenvalue weighted by atomic mass is 10.1. The van der Waals surface area contributed by atoms with E-state index < -0.39 is 4.92 Å². The summed E-state index contributed by atoms with van der Waals surface area (Å²) < 4.78 is 0. The van der Waals surface area contributed by atoms with Gasteiger partial charge in [-0.05, 0) is 31.5 Å². The Hall–Kier alpha value is -2.50. The fourth-order valence-electron chi connectivity index (χ4n) is 1.88. The predicted molar refractivity (Wildman–Crippen MR) is 72.2 cm³/mol. The van der Waals surface area contributed by atoms with E-state index in [1.165, 1.54) is 19.1 Å². The van der Waals surface area contributed by atoms with Gasteiger partial charge in [0.2, 0.25) is 5.91 Å². The Labute approximate surface area is 109 Å². The van der Waals surface area contributed by atoms with E-state index in [9.17, 15) is 14.9 Å². The van der Waals surface area contributed by atoms with Crippen molar-refractivity contribution < 1.29 is 9.72 Å². The van der Waals surface area contributed by atoms with Crippen LogP contribution in [-0.4, -0.2) is 15.8 Å². The molecule has 0 unspecified atom stereocenters. The second-order valence-electron chi connectivity index (χ2n) is 4.36. The molecule has 0 aliphatic heterocycles. The molecule has 0 spiro atoms. The maximum absolute atomic E-state index is 11.2. The van der Waals surface area contributed by atoms with Gasteiger partial charge in [-0.1, -0.05) is 0 Å². The molecule has 98 valence electrons. The third-order valence-corrected chi connectivity index (χ3v) is 2.91. The van der Waals surface area contributed by atoms with Crippen molar-refractivity contribution in [1.82, 2.24) is 4.98 Å². The number of rotatable bonds is 2. The number of amides is 1. The van der Waals surface area contributed by atoms with Crippen molar-refractivity contribution in [1.29, 1.82) is 0 Å². The van der Waals surface area contributed by atoms with E-state index >= 15 is 0 Å². The molecular weight excluding hydrogens is 246 g/mol. The molecule has 1 aromatic carbocycles. The molecule has 6 heteroatoms. The molecule has 0 aliphatic carbocycles. The number of non-ortho nitro benzene ring substituents is 1. The largest absolute Gasteiger partial charge is 0.326 e.